The van der Waals surface area contributed by atoms with Crippen LogP contribution in [0.5, 0.6) is 0 Å². The van der Waals surface area contributed by atoms with Crippen LogP contribution in [0.1, 0.15) is 85.4 Å². The van der Waals surface area contributed by atoms with Gasteiger partial charge in [0.15, 0.2) is 0 Å². The first-order valence-electron chi connectivity index (χ1n) is 14.5. The molecule has 3 aromatic heterocycles. The SMILES string of the molecule is Cc1cc(C(C)Nc2ccccc2C(=O)OC(C)(C)C)c2nc(-c3ccc4c(c3)c(C)nn4C3CC3)c(C)c(=O)n2c1. The van der Waals surface area contributed by atoms with Gasteiger partial charge in [-0.25, -0.2) is 9.78 Å². The molecule has 0 saturated heterocycles. The molecule has 1 atom stereocenters. The molecule has 5 aromatic rings. The molecule has 3 heterocycles. The Bertz CT molecular complexity index is 1920. The van der Waals surface area contributed by atoms with Gasteiger partial charge in [-0.2, -0.15) is 5.10 Å². The molecule has 6 rings (SSSR count). The smallest absolute Gasteiger partial charge is 0.340 e. The number of esters is 1. The number of hydrogen-bond acceptors (Lipinski definition) is 6. The van der Waals surface area contributed by atoms with Crippen molar-refractivity contribution in [2.75, 3.05) is 5.32 Å². The molecule has 1 fully saturated rings. The fourth-order valence-corrected chi connectivity index (χ4v) is 5.57. The number of aryl methyl sites for hydroxylation is 2. The third kappa shape index (κ3) is 5.06. The van der Waals surface area contributed by atoms with E-state index < -0.39 is 11.6 Å². The van der Waals surface area contributed by atoms with E-state index in [9.17, 15) is 9.59 Å². The van der Waals surface area contributed by atoms with Crippen molar-refractivity contribution >= 4 is 28.2 Å². The lowest BCUT2D eigenvalue weighted by molar-refractivity contribution is 0.00706. The molecular weight excluding hydrogens is 526 g/mol. The maximum atomic E-state index is 13.7. The van der Waals surface area contributed by atoms with E-state index in [2.05, 4.69) is 22.1 Å². The van der Waals surface area contributed by atoms with Crippen molar-refractivity contribution in [2.24, 2.45) is 0 Å². The van der Waals surface area contributed by atoms with Crippen LogP contribution in [0.3, 0.4) is 0 Å². The van der Waals surface area contributed by atoms with Gasteiger partial charge in [0.1, 0.15) is 11.2 Å². The highest BCUT2D eigenvalue weighted by Crippen LogP contribution is 2.38. The van der Waals surface area contributed by atoms with Gasteiger partial charge < -0.3 is 10.1 Å². The number of ether oxygens (including phenoxy) is 1. The summed E-state index contributed by atoms with van der Waals surface area (Å²) in [5.41, 5.74) is 6.99. The second-order valence-corrected chi connectivity index (χ2v) is 12.5. The maximum Gasteiger partial charge on any atom is 0.340 e. The van der Waals surface area contributed by atoms with Crippen LogP contribution in [0, 0.1) is 20.8 Å². The highest BCUT2D eigenvalue weighted by atomic mass is 16.6. The number of carbonyl (C=O) groups is 1. The van der Waals surface area contributed by atoms with Crippen molar-refractivity contribution in [3.05, 3.63) is 93.0 Å². The van der Waals surface area contributed by atoms with Gasteiger partial charge in [0.25, 0.3) is 5.56 Å². The summed E-state index contributed by atoms with van der Waals surface area (Å²) in [6.07, 6.45) is 4.16. The molecule has 0 spiro atoms. The van der Waals surface area contributed by atoms with Crippen molar-refractivity contribution < 1.29 is 9.53 Å². The number of aromatic nitrogens is 4. The molecule has 1 aliphatic rings. The van der Waals surface area contributed by atoms with Crippen LogP contribution < -0.4 is 10.9 Å². The number of benzene rings is 2. The Labute approximate surface area is 245 Å². The summed E-state index contributed by atoms with van der Waals surface area (Å²) in [6, 6.07) is 15.8. The van der Waals surface area contributed by atoms with Gasteiger partial charge in [-0.3, -0.25) is 13.9 Å². The number of nitrogens with one attached hydrogen (secondary N) is 1. The Hall–Kier alpha value is -4.46. The normalized spacial score (nSPS) is 14.4. The zero-order chi connectivity index (χ0) is 29.9. The first kappa shape index (κ1) is 27.7. The number of hydrogen-bond donors (Lipinski definition) is 1. The van der Waals surface area contributed by atoms with E-state index in [1.807, 2.05) is 85.0 Å². The number of anilines is 1. The summed E-state index contributed by atoms with van der Waals surface area (Å²) in [4.78, 5) is 31.8. The van der Waals surface area contributed by atoms with Gasteiger partial charge in [0.05, 0.1) is 34.6 Å². The Kier molecular flexibility index (Phi) is 6.67. The van der Waals surface area contributed by atoms with E-state index in [4.69, 9.17) is 14.8 Å². The summed E-state index contributed by atoms with van der Waals surface area (Å²) in [5, 5.41) is 9.36. The van der Waals surface area contributed by atoms with Crippen molar-refractivity contribution in [3.63, 3.8) is 0 Å². The summed E-state index contributed by atoms with van der Waals surface area (Å²) in [7, 11) is 0. The summed E-state index contributed by atoms with van der Waals surface area (Å²) in [5.74, 6) is -0.394. The van der Waals surface area contributed by atoms with Gasteiger partial charge in [0.2, 0.25) is 0 Å². The summed E-state index contributed by atoms with van der Waals surface area (Å²) in [6.45, 7) is 13.4. The Morgan fingerprint density at radius 1 is 1.07 bits per heavy atom. The van der Waals surface area contributed by atoms with Crippen LogP contribution in [0.4, 0.5) is 5.69 Å². The average molecular weight is 564 g/mol. The number of rotatable bonds is 6. The first-order valence-corrected chi connectivity index (χ1v) is 14.5. The van der Waals surface area contributed by atoms with Gasteiger partial charge in [-0.1, -0.05) is 18.2 Å². The Balaban J connectivity index is 1.44. The van der Waals surface area contributed by atoms with Gasteiger partial charge in [0, 0.05) is 34.0 Å². The molecule has 0 radical (unpaired) electrons. The molecule has 1 aliphatic carbocycles. The average Bonchev–Trinajstić information content (AvgIpc) is 3.73. The molecule has 1 N–H and O–H groups in total. The topological polar surface area (TPSA) is 90.5 Å². The molecule has 1 unspecified atom stereocenters. The number of fused-ring (bicyclic) bond motifs is 2. The fraction of sp³-hybridized carbons (Fsp3) is 0.353. The molecule has 1 saturated carbocycles. The molecule has 0 bridgehead atoms. The number of pyridine rings is 1. The standard InChI is InChI=1S/C34H37N5O3/c1-19-16-27(21(3)35-28-11-9-8-10-25(28)33(41)42-34(5,6)7)31-36-30(20(2)32(40)38(31)18-19)23-12-15-29-26(17-23)22(4)37-39(29)24-13-14-24/h8-12,15-18,21,24,35H,13-14H2,1-7H3. The number of carbonyl (C=O) groups excluding carboxylic acids is 1. The predicted octanol–water partition coefficient (Wildman–Crippen LogP) is 7.10. The third-order valence-electron chi connectivity index (χ3n) is 7.76. The van der Waals surface area contributed by atoms with E-state index in [-0.39, 0.29) is 11.6 Å². The van der Waals surface area contributed by atoms with Crippen LogP contribution in [-0.4, -0.2) is 30.7 Å². The molecule has 0 amide bonds. The molecule has 8 nitrogen and oxygen atoms in total. The lowest BCUT2D eigenvalue weighted by Gasteiger charge is -2.23. The summed E-state index contributed by atoms with van der Waals surface area (Å²) >= 11 is 0. The minimum absolute atomic E-state index is 0.105. The highest BCUT2D eigenvalue weighted by Gasteiger charge is 2.27. The third-order valence-corrected chi connectivity index (χ3v) is 7.76. The minimum atomic E-state index is -0.611. The van der Waals surface area contributed by atoms with E-state index in [1.54, 1.807) is 10.5 Å². The highest BCUT2D eigenvalue weighted by molar-refractivity contribution is 5.96. The second kappa shape index (κ2) is 10.1. The van der Waals surface area contributed by atoms with Gasteiger partial charge >= 0.3 is 5.97 Å². The molecular formula is C34H37N5O3. The number of nitrogens with zero attached hydrogens (tertiary/aromatic N) is 4. The Morgan fingerprint density at radius 3 is 2.52 bits per heavy atom. The molecule has 0 aliphatic heterocycles. The van der Waals surface area contributed by atoms with E-state index >= 15 is 0 Å². The van der Waals surface area contributed by atoms with Crippen molar-refractivity contribution in [1.29, 1.82) is 0 Å². The van der Waals surface area contributed by atoms with Crippen LogP contribution in [-0.2, 0) is 4.74 Å². The fourth-order valence-electron chi connectivity index (χ4n) is 5.57. The molecule has 216 valence electrons. The zero-order valence-corrected chi connectivity index (χ0v) is 25.3. The van der Waals surface area contributed by atoms with Crippen LogP contribution >= 0.6 is 0 Å². The van der Waals surface area contributed by atoms with E-state index in [0.717, 1.165) is 46.1 Å². The lowest BCUT2D eigenvalue weighted by Crippen LogP contribution is -2.25. The molecule has 8 heteroatoms. The largest absolute Gasteiger partial charge is 0.456 e. The minimum Gasteiger partial charge on any atom is -0.456 e. The van der Waals surface area contributed by atoms with Gasteiger partial charge in [-0.05, 0) is 97.2 Å². The van der Waals surface area contributed by atoms with Crippen LogP contribution in [0.2, 0.25) is 0 Å². The van der Waals surface area contributed by atoms with Crippen LogP contribution in [0.25, 0.3) is 27.8 Å². The first-order chi connectivity index (χ1) is 19.9. The second-order valence-electron chi connectivity index (χ2n) is 12.5. The maximum absolute atomic E-state index is 13.7. The van der Waals surface area contributed by atoms with Crippen molar-refractivity contribution in [3.8, 4) is 11.3 Å². The summed E-state index contributed by atoms with van der Waals surface area (Å²) < 4.78 is 9.42. The number of para-hydroxylation sites is 1. The van der Waals surface area contributed by atoms with E-state index in [1.165, 1.54) is 0 Å². The Morgan fingerprint density at radius 2 is 1.81 bits per heavy atom. The molecule has 42 heavy (non-hydrogen) atoms. The van der Waals surface area contributed by atoms with Crippen molar-refractivity contribution in [1.82, 2.24) is 19.2 Å². The lowest BCUT2D eigenvalue weighted by atomic mass is 10.0. The predicted molar refractivity (Wildman–Crippen MR) is 166 cm³/mol. The quantitative estimate of drug-likeness (QED) is 0.222. The monoisotopic (exact) mass is 563 g/mol. The van der Waals surface area contributed by atoms with E-state index in [0.29, 0.717) is 34.2 Å². The zero-order valence-electron chi connectivity index (χ0n) is 25.3. The molecule has 2 aromatic carbocycles. The van der Waals surface area contributed by atoms with Gasteiger partial charge in [-0.15, -0.1) is 0 Å². The van der Waals surface area contributed by atoms with Crippen molar-refractivity contribution in [2.45, 2.75) is 79.0 Å². The van der Waals surface area contributed by atoms with Crippen LogP contribution in [0.15, 0.2) is 59.5 Å².